The van der Waals surface area contributed by atoms with Crippen molar-refractivity contribution < 1.29 is 5.11 Å². The van der Waals surface area contributed by atoms with E-state index in [2.05, 4.69) is 60.7 Å². The summed E-state index contributed by atoms with van der Waals surface area (Å²) in [5, 5.41) is 10.7. The second kappa shape index (κ2) is 7.41. The predicted octanol–water partition coefficient (Wildman–Crippen LogP) is 3.86. The van der Waals surface area contributed by atoms with Crippen LogP contribution in [0.4, 0.5) is 0 Å². The van der Waals surface area contributed by atoms with Crippen LogP contribution in [-0.4, -0.2) is 34.7 Å². The van der Waals surface area contributed by atoms with Crippen LogP contribution in [0, 0.1) is 0 Å². The lowest BCUT2D eigenvalue weighted by Crippen LogP contribution is -2.54. The molecule has 2 nitrogen and oxygen atoms in total. The SMILES string of the molecule is CCN(CC)C(C)(CC)C(O)Cc1cccc(Br)c1. The maximum atomic E-state index is 10.7. The molecule has 3 heteroatoms. The van der Waals surface area contributed by atoms with E-state index in [1.165, 1.54) is 5.56 Å². The molecule has 0 bridgehead atoms. The van der Waals surface area contributed by atoms with Crippen LogP contribution in [0.5, 0.6) is 0 Å². The van der Waals surface area contributed by atoms with Gasteiger partial charge in [-0.15, -0.1) is 0 Å². The van der Waals surface area contributed by atoms with Gasteiger partial charge in [0, 0.05) is 16.4 Å². The van der Waals surface area contributed by atoms with Crippen molar-refractivity contribution in [2.45, 2.75) is 52.2 Å². The van der Waals surface area contributed by atoms with Crippen LogP contribution in [0.15, 0.2) is 28.7 Å². The molecule has 0 fully saturated rings. The summed E-state index contributed by atoms with van der Waals surface area (Å²) in [6.07, 6.45) is 1.29. The van der Waals surface area contributed by atoms with E-state index in [1.807, 2.05) is 12.1 Å². The van der Waals surface area contributed by atoms with Crippen molar-refractivity contribution >= 4 is 15.9 Å². The molecule has 0 aliphatic heterocycles. The Labute approximate surface area is 126 Å². The van der Waals surface area contributed by atoms with Gasteiger partial charge in [-0.05, 0) is 44.1 Å². The van der Waals surface area contributed by atoms with Gasteiger partial charge in [0.2, 0.25) is 0 Å². The molecule has 1 aromatic rings. The highest BCUT2D eigenvalue weighted by Gasteiger charge is 2.35. The van der Waals surface area contributed by atoms with Crippen molar-refractivity contribution in [3.8, 4) is 0 Å². The van der Waals surface area contributed by atoms with E-state index in [4.69, 9.17) is 0 Å². The van der Waals surface area contributed by atoms with Crippen molar-refractivity contribution in [1.29, 1.82) is 0 Å². The lowest BCUT2D eigenvalue weighted by Gasteiger charge is -2.43. The molecule has 0 spiro atoms. The molecule has 2 atom stereocenters. The quantitative estimate of drug-likeness (QED) is 0.821. The summed E-state index contributed by atoms with van der Waals surface area (Å²) in [7, 11) is 0. The van der Waals surface area contributed by atoms with E-state index in [0.717, 1.165) is 24.0 Å². The second-order valence-corrected chi connectivity index (χ2v) is 6.15. The van der Waals surface area contributed by atoms with E-state index >= 15 is 0 Å². The van der Waals surface area contributed by atoms with Crippen molar-refractivity contribution in [3.05, 3.63) is 34.3 Å². The van der Waals surface area contributed by atoms with Gasteiger partial charge in [-0.25, -0.2) is 0 Å². The first kappa shape index (κ1) is 16.7. The number of aliphatic hydroxyl groups is 1. The Morgan fingerprint density at radius 3 is 2.37 bits per heavy atom. The molecule has 0 aliphatic rings. The third kappa shape index (κ3) is 4.04. The molecule has 1 aromatic carbocycles. The van der Waals surface area contributed by atoms with E-state index < -0.39 is 0 Å². The molecule has 19 heavy (non-hydrogen) atoms. The first-order valence-electron chi connectivity index (χ1n) is 7.15. The first-order chi connectivity index (χ1) is 8.97. The Hall–Kier alpha value is -0.380. The summed E-state index contributed by atoms with van der Waals surface area (Å²) >= 11 is 3.48. The molecule has 2 unspecified atom stereocenters. The number of halogens is 1. The molecule has 108 valence electrons. The zero-order valence-corrected chi connectivity index (χ0v) is 14.1. The van der Waals surface area contributed by atoms with Gasteiger partial charge >= 0.3 is 0 Å². The lowest BCUT2D eigenvalue weighted by atomic mass is 9.85. The Balaban J connectivity index is 2.87. The van der Waals surface area contributed by atoms with E-state index in [-0.39, 0.29) is 11.6 Å². The van der Waals surface area contributed by atoms with Gasteiger partial charge in [0.15, 0.2) is 0 Å². The van der Waals surface area contributed by atoms with Crippen molar-refractivity contribution in [1.82, 2.24) is 4.90 Å². The number of nitrogens with zero attached hydrogens (tertiary/aromatic N) is 1. The largest absolute Gasteiger partial charge is 0.391 e. The smallest absolute Gasteiger partial charge is 0.0761 e. The van der Waals surface area contributed by atoms with Gasteiger partial charge in [-0.2, -0.15) is 0 Å². The Kier molecular flexibility index (Phi) is 6.51. The summed E-state index contributed by atoms with van der Waals surface area (Å²) in [6.45, 7) is 10.6. The van der Waals surface area contributed by atoms with Crippen LogP contribution in [0.2, 0.25) is 0 Å². The van der Waals surface area contributed by atoms with Gasteiger partial charge in [0.1, 0.15) is 0 Å². The number of aliphatic hydroxyl groups excluding tert-OH is 1. The molecule has 0 radical (unpaired) electrons. The van der Waals surface area contributed by atoms with Crippen LogP contribution in [0.25, 0.3) is 0 Å². The zero-order valence-electron chi connectivity index (χ0n) is 12.5. The molecule has 0 saturated carbocycles. The minimum Gasteiger partial charge on any atom is -0.391 e. The fourth-order valence-electron chi connectivity index (χ4n) is 2.72. The average Bonchev–Trinajstić information content (AvgIpc) is 2.39. The number of likely N-dealkylation sites (N-methyl/N-ethyl adjacent to an activating group) is 1. The molecule has 1 rings (SSSR count). The molecule has 0 aromatic heterocycles. The minimum absolute atomic E-state index is 0.161. The molecule has 0 heterocycles. The third-order valence-corrected chi connectivity index (χ3v) is 4.73. The van der Waals surface area contributed by atoms with Crippen molar-refractivity contribution in [2.75, 3.05) is 13.1 Å². The number of hydrogen-bond acceptors (Lipinski definition) is 2. The average molecular weight is 328 g/mol. The van der Waals surface area contributed by atoms with E-state index in [1.54, 1.807) is 0 Å². The van der Waals surface area contributed by atoms with Gasteiger partial charge in [0.25, 0.3) is 0 Å². The van der Waals surface area contributed by atoms with Gasteiger partial charge in [0.05, 0.1) is 6.10 Å². The maximum absolute atomic E-state index is 10.7. The summed E-state index contributed by atoms with van der Waals surface area (Å²) in [5.41, 5.74) is 1.01. The highest BCUT2D eigenvalue weighted by molar-refractivity contribution is 9.10. The Bertz CT molecular complexity index is 392. The molecule has 0 aliphatic carbocycles. The van der Waals surface area contributed by atoms with Crippen LogP contribution in [-0.2, 0) is 6.42 Å². The van der Waals surface area contributed by atoms with E-state index in [0.29, 0.717) is 6.42 Å². The third-order valence-electron chi connectivity index (χ3n) is 4.24. The van der Waals surface area contributed by atoms with Crippen LogP contribution in [0.1, 0.15) is 39.7 Å². The van der Waals surface area contributed by atoms with Crippen molar-refractivity contribution in [2.24, 2.45) is 0 Å². The molecular weight excluding hydrogens is 302 g/mol. The van der Waals surface area contributed by atoms with E-state index in [9.17, 15) is 5.11 Å². The first-order valence-corrected chi connectivity index (χ1v) is 7.94. The lowest BCUT2D eigenvalue weighted by molar-refractivity contribution is -0.0190. The predicted molar refractivity (Wildman–Crippen MR) is 85.5 cm³/mol. The zero-order chi connectivity index (χ0) is 14.5. The standard InChI is InChI=1S/C16H26BrNO/c1-5-16(4,18(6-2)7-3)15(19)12-13-9-8-10-14(17)11-13/h8-11,15,19H,5-7,12H2,1-4H3. The monoisotopic (exact) mass is 327 g/mol. The summed E-state index contributed by atoms with van der Waals surface area (Å²) in [6, 6.07) is 8.19. The topological polar surface area (TPSA) is 23.5 Å². The fourth-order valence-corrected chi connectivity index (χ4v) is 3.17. The highest BCUT2D eigenvalue weighted by atomic mass is 79.9. The van der Waals surface area contributed by atoms with Gasteiger partial charge < -0.3 is 5.11 Å². The highest BCUT2D eigenvalue weighted by Crippen LogP contribution is 2.26. The minimum atomic E-state index is -0.355. The molecular formula is C16H26BrNO. The normalized spacial score (nSPS) is 16.4. The molecule has 1 N–H and O–H groups in total. The van der Waals surface area contributed by atoms with Gasteiger partial charge in [-0.3, -0.25) is 4.90 Å². The van der Waals surface area contributed by atoms with Crippen LogP contribution >= 0.6 is 15.9 Å². The Morgan fingerprint density at radius 2 is 1.89 bits per heavy atom. The number of benzene rings is 1. The van der Waals surface area contributed by atoms with Gasteiger partial charge in [-0.1, -0.05) is 48.8 Å². The van der Waals surface area contributed by atoms with Crippen LogP contribution in [0.3, 0.4) is 0 Å². The summed E-state index contributed by atoms with van der Waals surface area (Å²) in [5.74, 6) is 0. The number of hydrogen-bond donors (Lipinski definition) is 1. The number of rotatable bonds is 7. The fraction of sp³-hybridized carbons (Fsp3) is 0.625. The summed E-state index contributed by atoms with van der Waals surface area (Å²) in [4.78, 5) is 2.36. The second-order valence-electron chi connectivity index (χ2n) is 5.23. The maximum Gasteiger partial charge on any atom is 0.0761 e. The molecule has 0 saturated heterocycles. The van der Waals surface area contributed by atoms with Crippen LogP contribution < -0.4 is 0 Å². The summed E-state index contributed by atoms with van der Waals surface area (Å²) < 4.78 is 1.07. The van der Waals surface area contributed by atoms with Crippen molar-refractivity contribution in [3.63, 3.8) is 0 Å². The molecule has 0 amide bonds. The Morgan fingerprint density at radius 1 is 1.26 bits per heavy atom.